The van der Waals surface area contributed by atoms with Crippen molar-refractivity contribution in [2.75, 3.05) is 13.1 Å². The second kappa shape index (κ2) is 8.84. The minimum atomic E-state index is -3.63. The zero-order valence-electron chi connectivity index (χ0n) is 15.9. The Hall–Kier alpha value is -1.93. The number of piperidine rings is 1. The summed E-state index contributed by atoms with van der Waals surface area (Å²) >= 11 is 0. The third-order valence-corrected chi connectivity index (χ3v) is 7.17. The van der Waals surface area contributed by atoms with Gasteiger partial charge in [0.1, 0.15) is 0 Å². The van der Waals surface area contributed by atoms with Gasteiger partial charge in [0.15, 0.2) is 0 Å². The Labute approximate surface area is 160 Å². The number of hydrogen-bond acceptors (Lipinski definition) is 4. The molecule has 1 aliphatic rings. The standard InChI is InChI=1S/C19H28N2O5S/c1-3-19(4-2,14-17(22)23)20-18(24)15-9-8-10-16(13-15)27(25,26)21-11-6-5-7-12-21/h8-10,13H,3-7,11-12,14H2,1-2H3,(H,20,24)(H,22,23). The van der Waals surface area contributed by atoms with E-state index >= 15 is 0 Å². The Bertz CT molecular complexity index is 781. The highest BCUT2D eigenvalue weighted by molar-refractivity contribution is 7.89. The number of carbonyl (C=O) groups is 2. The summed E-state index contributed by atoms with van der Waals surface area (Å²) in [6.45, 7) is 4.63. The SMILES string of the molecule is CCC(CC)(CC(=O)O)NC(=O)c1cccc(S(=O)(=O)N2CCCCC2)c1. The van der Waals surface area contributed by atoms with Crippen molar-refractivity contribution in [1.82, 2.24) is 9.62 Å². The van der Waals surface area contributed by atoms with Gasteiger partial charge in [-0.1, -0.05) is 26.3 Å². The molecule has 2 rings (SSSR count). The number of nitrogens with one attached hydrogen (secondary N) is 1. The predicted octanol–water partition coefficient (Wildman–Crippen LogP) is 2.62. The monoisotopic (exact) mass is 396 g/mol. The first-order valence-corrected chi connectivity index (χ1v) is 10.8. The van der Waals surface area contributed by atoms with Crippen molar-refractivity contribution in [1.29, 1.82) is 0 Å². The number of carbonyl (C=O) groups excluding carboxylic acids is 1. The summed E-state index contributed by atoms with van der Waals surface area (Å²) in [6.07, 6.45) is 3.44. The largest absolute Gasteiger partial charge is 0.481 e. The van der Waals surface area contributed by atoms with Gasteiger partial charge in [0.05, 0.1) is 16.9 Å². The molecular formula is C19H28N2O5S. The van der Waals surface area contributed by atoms with Crippen LogP contribution in [0.15, 0.2) is 29.2 Å². The average molecular weight is 397 g/mol. The molecule has 1 aromatic rings. The van der Waals surface area contributed by atoms with Crippen molar-refractivity contribution < 1.29 is 23.1 Å². The quantitative estimate of drug-likeness (QED) is 0.703. The zero-order valence-corrected chi connectivity index (χ0v) is 16.7. The Morgan fingerprint density at radius 3 is 2.33 bits per heavy atom. The van der Waals surface area contributed by atoms with E-state index in [0.29, 0.717) is 25.9 Å². The molecule has 8 heteroatoms. The van der Waals surface area contributed by atoms with E-state index < -0.39 is 27.4 Å². The fourth-order valence-corrected chi connectivity index (χ4v) is 4.94. The summed E-state index contributed by atoms with van der Waals surface area (Å²) in [7, 11) is -3.63. The Morgan fingerprint density at radius 2 is 1.78 bits per heavy atom. The van der Waals surface area contributed by atoms with Crippen LogP contribution in [0.25, 0.3) is 0 Å². The van der Waals surface area contributed by atoms with E-state index in [9.17, 15) is 18.0 Å². The maximum Gasteiger partial charge on any atom is 0.305 e. The highest BCUT2D eigenvalue weighted by atomic mass is 32.2. The molecule has 1 fully saturated rings. The average Bonchev–Trinajstić information content (AvgIpc) is 2.67. The molecule has 1 saturated heterocycles. The van der Waals surface area contributed by atoms with Crippen molar-refractivity contribution in [2.24, 2.45) is 0 Å². The molecule has 0 bridgehead atoms. The summed E-state index contributed by atoms with van der Waals surface area (Å²) in [4.78, 5) is 24.0. The molecule has 1 aromatic carbocycles. The van der Waals surface area contributed by atoms with Crippen LogP contribution in [-0.4, -0.2) is 48.3 Å². The molecule has 0 saturated carbocycles. The van der Waals surface area contributed by atoms with Crippen LogP contribution in [0, 0.1) is 0 Å². The molecule has 1 amide bonds. The van der Waals surface area contributed by atoms with Crippen LogP contribution in [0.2, 0.25) is 0 Å². The zero-order chi connectivity index (χ0) is 20.1. The van der Waals surface area contributed by atoms with Gasteiger partial charge in [-0.25, -0.2) is 8.42 Å². The van der Waals surface area contributed by atoms with Crippen LogP contribution in [0.1, 0.15) is 62.7 Å². The van der Waals surface area contributed by atoms with Gasteiger partial charge >= 0.3 is 5.97 Å². The predicted molar refractivity (Wildman–Crippen MR) is 102 cm³/mol. The highest BCUT2D eigenvalue weighted by Gasteiger charge is 2.32. The molecule has 1 heterocycles. The smallest absolute Gasteiger partial charge is 0.305 e. The normalized spacial score (nSPS) is 16.1. The molecular weight excluding hydrogens is 368 g/mol. The Morgan fingerprint density at radius 1 is 1.15 bits per heavy atom. The second-order valence-corrected chi connectivity index (χ2v) is 8.94. The Balaban J connectivity index is 2.25. The van der Waals surface area contributed by atoms with Crippen LogP contribution in [0.3, 0.4) is 0 Å². The van der Waals surface area contributed by atoms with E-state index in [4.69, 9.17) is 5.11 Å². The van der Waals surface area contributed by atoms with Gasteiger partial charge in [-0.2, -0.15) is 4.31 Å². The van der Waals surface area contributed by atoms with Gasteiger partial charge in [-0.3, -0.25) is 9.59 Å². The maximum absolute atomic E-state index is 12.8. The number of rotatable bonds is 8. The molecule has 7 nitrogen and oxygen atoms in total. The van der Waals surface area contributed by atoms with E-state index in [0.717, 1.165) is 19.3 Å². The van der Waals surface area contributed by atoms with Gasteiger partial charge in [0, 0.05) is 18.7 Å². The van der Waals surface area contributed by atoms with Crippen molar-refractivity contribution in [2.45, 2.75) is 62.8 Å². The first-order chi connectivity index (χ1) is 12.7. The second-order valence-electron chi connectivity index (χ2n) is 7.00. The molecule has 0 aliphatic carbocycles. The first-order valence-electron chi connectivity index (χ1n) is 9.38. The van der Waals surface area contributed by atoms with Crippen LogP contribution in [0.5, 0.6) is 0 Å². The topological polar surface area (TPSA) is 104 Å². The van der Waals surface area contributed by atoms with E-state index in [1.54, 1.807) is 12.1 Å². The lowest BCUT2D eigenvalue weighted by atomic mass is 9.88. The summed E-state index contributed by atoms with van der Waals surface area (Å²) in [6, 6.07) is 5.95. The van der Waals surface area contributed by atoms with Gasteiger partial charge in [0.25, 0.3) is 5.91 Å². The van der Waals surface area contributed by atoms with Crippen molar-refractivity contribution >= 4 is 21.9 Å². The molecule has 0 spiro atoms. The van der Waals surface area contributed by atoms with E-state index in [1.165, 1.54) is 16.4 Å². The third-order valence-electron chi connectivity index (χ3n) is 5.27. The number of aliphatic carboxylic acids is 1. The number of sulfonamides is 1. The molecule has 150 valence electrons. The van der Waals surface area contributed by atoms with Crippen LogP contribution < -0.4 is 5.32 Å². The molecule has 0 radical (unpaired) electrons. The lowest BCUT2D eigenvalue weighted by molar-refractivity contribution is -0.138. The summed E-state index contributed by atoms with van der Waals surface area (Å²) in [5.41, 5.74) is -0.644. The molecule has 0 atom stereocenters. The fourth-order valence-electron chi connectivity index (χ4n) is 3.38. The van der Waals surface area contributed by atoms with Crippen LogP contribution >= 0.6 is 0 Å². The fraction of sp³-hybridized carbons (Fsp3) is 0.579. The van der Waals surface area contributed by atoms with E-state index in [2.05, 4.69) is 5.32 Å². The minimum absolute atomic E-state index is 0.0916. The lowest BCUT2D eigenvalue weighted by Gasteiger charge is -2.31. The third kappa shape index (κ3) is 5.07. The Kier molecular flexibility index (Phi) is 7.00. The summed E-state index contributed by atoms with van der Waals surface area (Å²) in [5, 5.41) is 12.0. The van der Waals surface area contributed by atoms with Gasteiger partial charge in [0.2, 0.25) is 10.0 Å². The molecule has 27 heavy (non-hydrogen) atoms. The first kappa shape index (κ1) is 21.4. The molecule has 2 N–H and O–H groups in total. The van der Waals surface area contributed by atoms with Crippen LogP contribution in [0.4, 0.5) is 0 Å². The number of carboxylic acid groups (broad SMARTS) is 1. The number of carboxylic acids is 1. The van der Waals surface area contributed by atoms with Crippen molar-refractivity contribution in [3.8, 4) is 0 Å². The lowest BCUT2D eigenvalue weighted by Crippen LogP contribution is -2.49. The highest BCUT2D eigenvalue weighted by Crippen LogP contribution is 2.23. The number of hydrogen-bond donors (Lipinski definition) is 2. The van der Waals surface area contributed by atoms with Crippen molar-refractivity contribution in [3.05, 3.63) is 29.8 Å². The number of amides is 1. The summed E-state index contributed by atoms with van der Waals surface area (Å²) in [5.74, 6) is -1.45. The van der Waals surface area contributed by atoms with Gasteiger partial charge in [-0.05, 0) is 43.9 Å². The molecule has 1 aliphatic heterocycles. The maximum atomic E-state index is 12.8. The van der Waals surface area contributed by atoms with E-state index in [1.807, 2.05) is 13.8 Å². The van der Waals surface area contributed by atoms with Crippen molar-refractivity contribution in [3.63, 3.8) is 0 Å². The minimum Gasteiger partial charge on any atom is -0.481 e. The van der Waals surface area contributed by atoms with E-state index in [-0.39, 0.29) is 16.9 Å². The van der Waals surface area contributed by atoms with Gasteiger partial charge in [-0.15, -0.1) is 0 Å². The number of benzene rings is 1. The molecule has 0 unspecified atom stereocenters. The molecule has 0 aromatic heterocycles. The van der Waals surface area contributed by atoms with Gasteiger partial charge < -0.3 is 10.4 Å². The van der Waals surface area contributed by atoms with Crippen LogP contribution in [-0.2, 0) is 14.8 Å². The summed E-state index contributed by atoms with van der Waals surface area (Å²) < 4.78 is 27.1. The number of nitrogens with zero attached hydrogens (tertiary/aromatic N) is 1.